The van der Waals surface area contributed by atoms with Crippen LogP contribution in [0.4, 0.5) is 0 Å². The molecule has 0 unspecified atom stereocenters. The topological polar surface area (TPSA) is 47.0 Å². The monoisotopic (exact) mass is 307 g/mol. The van der Waals surface area contributed by atoms with Gasteiger partial charge in [0.05, 0.1) is 0 Å². The first kappa shape index (κ1) is 13.0. The van der Waals surface area contributed by atoms with E-state index < -0.39 is 0 Å². The van der Waals surface area contributed by atoms with E-state index in [2.05, 4.69) is 31.2 Å². The smallest absolute Gasteiger partial charge is 0.321 e. The minimum atomic E-state index is 0.358. The fourth-order valence-corrected chi connectivity index (χ4v) is 1.72. The molecule has 0 aliphatic carbocycles. The second-order valence-electron chi connectivity index (χ2n) is 3.92. The lowest BCUT2D eigenvalue weighted by Crippen LogP contribution is -2.06. The highest BCUT2D eigenvalue weighted by Crippen LogP contribution is 2.24. The summed E-state index contributed by atoms with van der Waals surface area (Å²) in [4.78, 5) is 8.32. The molecule has 0 radical (unpaired) electrons. The summed E-state index contributed by atoms with van der Waals surface area (Å²) in [6, 6.07) is 6.12. The van der Waals surface area contributed by atoms with Gasteiger partial charge in [0.25, 0.3) is 0 Å². The Balaban J connectivity index is 2.10. The van der Waals surface area contributed by atoms with Gasteiger partial charge in [0, 0.05) is 29.0 Å². The molecular weight excluding hydrogens is 294 g/mol. The lowest BCUT2D eigenvalue weighted by molar-refractivity contribution is 0.440. The van der Waals surface area contributed by atoms with Gasteiger partial charge in [-0.25, -0.2) is 9.97 Å². The molecule has 2 rings (SSSR count). The molecule has 0 saturated heterocycles. The molecule has 0 atom stereocenters. The van der Waals surface area contributed by atoms with Crippen LogP contribution in [0.15, 0.2) is 35.1 Å². The first-order valence-corrected chi connectivity index (χ1v) is 6.38. The fourth-order valence-electron chi connectivity index (χ4n) is 1.48. The second-order valence-corrected chi connectivity index (χ2v) is 4.77. The van der Waals surface area contributed by atoms with Crippen molar-refractivity contribution >= 4 is 15.9 Å². The summed E-state index contributed by atoms with van der Waals surface area (Å²) in [5.41, 5.74) is 2.14. The molecule has 18 heavy (non-hydrogen) atoms. The first-order chi connectivity index (χ1) is 8.69. The summed E-state index contributed by atoms with van der Waals surface area (Å²) < 4.78 is 6.64. The molecule has 0 amide bonds. The van der Waals surface area contributed by atoms with Crippen LogP contribution in [-0.4, -0.2) is 17.0 Å². The van der Waals surface area contributed by atoms with Gasteiger partial charge in [-0.3, -0.25) is 0 Å². The maximum absolute atomic E-state index is 5.58. The van der Waals surface area contributed by atoms with Crippen molar-refractivity contribution in [1.82, 2.24) is 15.3 Å². The van der Waals surface area contributed by atoms with E-state index in [1.165, 1.54) is 0 Å². The van der Waals surface area contributed by atoms with Crippen molar-refractivity contribution < 1.29 is 4.74 Å². The van der Waals surface area contributed by atoms with Gasteiger partial charge in [-0.1, -0.05) is 15.9 Å². The Morgan fingerprint density at radius 2 is 2.00 bits per heavy atom. The Morgan fingerprint density at radius 3 is 2.61 bits per heavy atom. The molecule has 1 aromatic heterocycles. The van der Waals surface area contributed by atoms with Gasteiger partial charge in [0.1, 0.15) is 5.75 Å². The van der Waals surface area contributed by atoms with Crippen molar-refractivity contribution in [2.75, 3.05) is 7.05 Å². The van der Waals surface area contributed by atoms with Crippen LogP contribution in [0.5, 0.6) is 11.8 Å². The zero-order chi connectivity index (χ0) is 13.0. The third kappa shape index (κ3) is 3.27. The van der Waals surface area contributed by atoms with Gasteiger partial charge in [-0.05, 0) is 37.7 Å². The van der Waals surface area contributed by atoms with Crippen molar-refractivity contribution in [3.05, 3.63) is 46.2 Å². The molecule has 0 fully saturated rings. The predicted molar refractivity (Wildman–Crippen MR) is 73.7 cm³/mol. The van der Waals surface area contributed by atoms with E-state index in [-0.39, 0.29) is 0 Å². The van der Waals surface area contributed by atoms with E-state index in [1.807, 2.05) is 32.2 Å². The Morgan fingerprint density at radius 1 is 1.28 bits per heavy atom. The number of nitrogens with one attached hydrogen (secondary N) is 1. The lowest BCUT2D eigenvalue weighted by atomic mass is 10.2. The summed E-state index contributed by atoms with van der Waals surface area (Å²) in [5.74, 6) is 0.733. The molecule has 1 N–H and O–H groups in total. The molecule has 0 aliphatic rings. The molecule has 1 aromatic carbocycles. The number of aryl methyl sites for hydroxylation is 1. The van der Waals surface area contributed by atoms with Crippen LogP contribution in [0.2, 0.25) is 0 Å². The van der Waals surface area contributed by atoms with Gasteiger partial charge >= 0.3 is 6.01 Å². The Kier molecular flexibility index (Phi) is 4.28. The van der Waals surface area contributed by atoms with Gasteiger partial charge in [-0.15, -0.1) is 0 Å². The van der Waals surface area contributed by atoms with Crippen LogP contribution in [0.3, 0.4) is 0 Å². The zero-order valence-electron chi connectivity index (χ0n) is 10.3. The number of nitrogens with zero attached hydrogens (tertiary/aromatic N) is 2. The quantitative estimate of drug-likeness (QED) is 0.943. The molecule has 0 saturated carbocycles. The number of hydrogen-bond donors (Lipinski definition) is 1. The first-order valence-electron chi connectivity index (χ1n) is 5.58. The summed E-state index contributed by atoms with van der Waals surface area (Å²) in [7, 11) is 1.88. The zero-order valence-corrected chi connectivity index (χ0v) is 11.9. The van der Waals surface area contributed by atoms with Crippen LogP contribution in [0, 0.1) is 6.92 Å². The standard InChI is InChI=1S/C13H14BrN3O/c1-9-5-11(3-4-12(9)14)18-13-16-7-10(6-15-2)8-17-13/h3-5,7-8,15H,6H2,1-2H3. The lowest BCUT2D eigenvalue weighted by Gasteiger charge is -2.06. The van der Waals surface area contributed by atoms with E-state index in [0.717, 1.165) is 27.9 Å². The molecule has 0 bridgehead atoms. The Bertz CT molecular complexity index is 528. The minimum Gasteiger partial charge on any atom is -0.424 e. The Labute approximate surface area is 115 Å². The van der Waals surface area contributed by atoms with Crippen molar-refractivity contribution in [3.63, 3.8) is 0 Å². The number of aromatic nitrogens is 2. The Hall–Kier alpha value is -1.46. The van der Waals surface area contributed by atoms with Crippen molar-refractivity contribution in [3.8, 4) is 11.8 Å². The number of halogens is 1. The van der Waals surface area contributed by atoms with Crippen LogP contribution in [0.25, 0.3) is 0 Å². The van der Waals surface area contributed by atoms with Crippen LogP contribution >= 0.6 is 15.9 Å². The van der Waals surface area contributed by atoms with Gasteiger partial charge in [0.2, 0.25) is 0 Å². The summed E-state index contributed by atoms with van der Waals surface area (Å²) in [5, 5.41) is 3.04. The summed E-state index contributed by atoms with van der Waals surface area (Å²) >= 11 is 3.45. The van der Waals surface area contributed by atoms with E-state index in [1.54, 1.807) is 12.4 Å². The number of benzene rings is 1. The van der Waals surface area contributed by atoms with E-state index in [9.17, 15) is 0 Å². The normalized spacial score (nSPS) is 10.4. The van der Waals surface area contributed by atoms with Gasteiger partial charge < -0.3 is 10.1 Å². The maximum atomic E-state index is 5.58. The average Bonchev–Trinajstić information content (AvgIpc) is 2.37. The predicted octanol–water partition coefficient (Wildman–Crippen LogP) is 3.06. The fraction of sp³-hybridized carbons (Fsp3) is 0.231. The summed E-state index contributed by atoms with van der Waals surface area (Å²) in [6.07, 6.45) is 3.51. The molecule has 0 spiro atoms. The largest absolute Gasteiger partial charge is 0.424 e. The van der Waals surface area contributed by atoms with E-state index >= 15 is 0 Å². The third-order valence-corrected chi connectivity index (χ3v) is 3.29. The second kappa shape index (κ2) is 5.93. The maximum Gasteiger partial charge on any atom is 0.321 e. The molecule has 2 aromatic rings. The molecule has 0 aliphatic heterocycles. The highest BCUT2D eigenvalue weighted by molar-refractivity contribution is 9.10. The number of ether oxygens (including phenoxy) is 1. The van der Waals surface area contributed by atoms with Crippen LogP contribution in [0.1, 0.15) is 11.1 Å². The average molecular weight is 308 g/mol. The highest BCUT2D eigenvalue weighted by atomic mass is 79.9. The van der Waals surface area contributed by atoms with Crippen LogP contribution in [-0.2, 0) is 6.54 Å². The number of hydrogen-bond acceptors (Lipinski definition) is 4. The van der Waals surface area contributed by atoms with Gasteiger partial charge in [0.15, 0.2) is 0 Å². The van der Waals surface area contributed by atoms with E-state index in [0.29, 0.717) is 6.01 Å². The molecule has 5 heteroatoms. The van der Waals surface area contributed by atoms with Crippen molar-refractivity contribution in [2.24, 2.45) is 0 Å². The van der Waals surface area contributed by atoms with Crippen LogP contribution < -0.4 is 10.1 Å². The molecule has 94 valence electrons. The highest BCUT2D eigenvalue weighted by Gasteiger charge is 2.02. The molecule has 1 heterocycles. The molecule has 4 nitrogen and oxygen atoms in total. The van der Waals surface area contributed by atoms with E-state index in [4.69, 9.17) is 4.74 Å². The minimum absolute atomic E-state index is 0.358. The van der Waals surface area contributed by atoms with Crippen molar-refractivity contribution in [1.29, 1.82) is 0 Å². The third-order valence-electron chi connectivity index (χ3n) is 2.40. The number of rotatable bonds is 4. The van der Waals surface area contributed by atoms with Crippen molar-refractivity contribution in [2.45, 2.75) is 13.5 Å². The van der Waals surface area contributed by atoms with Gasteiger partial charge in [-0.2, -0.15) is 0 Å². The summed E-state index contributed by atoms with van der Waals surface area (Å²) in [6.45, 7) is 2.76. The molecular formula is C13H14BrN3O. The SMILES string of the molecule is CNCc1cnc(Oc2ccc(Br)c(C)c2)nc1.